The molecule has 0 aromatic carbocycles. The van der Waals surface area contributed by atoms with Gasteiger partial charge >= 0.3 is 11.9 Å². The van der Waals surface area contributed by atoms with Gasteiger partial charge in [0, 0.05) is 16.8 Å². The van der Waals surface area contributed by atoms with E-state index in [0.29, 0.717) is 0 Å². The van der Waals surface area contributed by atoms with E-state index in [1.165, 1.54) is 11.0 Å². The molecule has 0 bridgehead atoms. The Hall–Kier alpha value is -2.27. The first-order valence-corrected chi connectivity index (χ1v) is 4.34. The maximum Gasteiger partial charge on any atom is 0.357 e. The number of carbonyl (C=O) groups is 2. The number of hydrogen-bond acceptors (Lipinski definition) is 6. The van der Waals surface area contributed by atoms with Gasteiger partial charge in [-0.3, -0.25) is 0 Å². The first-order chi connectivity index (χ1) is 8.08. The summed E-state index contributed by atoms with van der Waals surface area (Å²) in [5, 5.41) is 27.8. The number of carboxylic acid groups (broad SMARTS) is 2. The normalized spacial score (nSPS) is 9.78. The monoisotopic (exact) mass is 297 g/mol. The van der Waals surface area contributed by atoms with Crippen LogP contribution in [0.3, 0.4) is 0 Å². The second-order valence-corrected chi connectivity index (χ2v) is 3.02. The Morgan fingerprint density at radius 1 is 1.33 bits per heavy atom. The molecule has 0 spiro atoms. The third kappa shape index (κ3) is 2.69. The van der Waals surface area contributed by atoms with Gasteiger partial charge in [-0.25, -0.2) is 19.3 Å². The molecular weight excluding hydrogens is 291 g/mol. The van der Waals surface area contributed by atoms with E-state index >= 15 is 0 Å². The second kappa shape index (κ2) is 5.37. The Kier molecular flexibility index (Phi) is 4.12. The second-order valence-electron chi connectivity index (χ2n) is 3.02. The minimum absolute atomic E-state index is 0. The molecule has 0 saturated carbocycles. The fraction of sp³-hybridized carbons (Fsp3) is 0.143. The van der Waals surface area contributed by atoms with Crippen molar-refractivity contribution in [2.75, 3.05) is 0 Å². The number of carboxylic acids is 2. The molecule has 0 unspecified atom stereocenters. The van der Waals surface area contributed by atoms with Gasteiger partial charge in [-0.05, 0) is 10.4 Å². The third-order valence-electron chi connectivity index (χ3n) is 1.87. The van der Waals surface area contributed by atoms with E-state index in [9.17, 15) is 9.59 Å². The Bertz CT molecular complexity index is 533. The van der Waals surface area contributed by atoms with Crippen LogP contribution in [-0.2, 0) is 23.3 Å². The maximum atomic E-state index is 10.8. The summed E-state index contributed by atoms with van der Waals surface area (Å²) in [7, 11) is 0. The molecule has 2 aromatic heterocycles. The molecule has 3 N–H and O–H groups in total. The zero-order chi connectivity index (χ0) is 12.4. The number of imidazole rings is 1. The number of tetrazole rings is 1. The van der Waals surface area contributed by atoms with Gasteiger partial charge in [0.25, 0.3) is 0 Å². The molecule has 97 valence electrons. The molecule has 10 nitrogen and oxygen atoms in total. The van der Waals surface area contributed by atoms with Crippen molar-refractivity contribution in [2.45, 2.75) is 6.54 Å². The molecule has 2 aromatic rings. The van der Waals surface area contributed by atoms with Crippen LogP contribution in [0.5, 0.6) is 0 Å². The van der Waals surface area contributed by atoms with Crippen molar-refractivity contribution in [2.24, 2.45) is 0 Å². The van der Waals surface area contributed by atoms with Crippen molar-refractivity contribution < 1.29 is 36.6 Å². The fourth-order valence-corrected chi connectivity index (χ4v) is 1.21. The van der Waals surface area contributed by atoms with Gasteiger partial charge in [-0.1, -0.05) is 0 Å². The molecule has 0 aliphatic rings. The van der Waals surface area contributed by atoms with Gasteiger partial charge in [0.15, 0.2) is 11.4 Å². The fourth-order valence-electron chi connectivity index (χ4n) is 1.21. The Morgan fingerprint density at radius 2 is 2.06 bits per heavy atom. The summed E-state index contributed by atoms with van der Waals surface area (Å²) < 4.78 is 1.27. The summed E-state index contributed by atoms with van der Waals surface area (Å²) in [5.74, 6) is -2.66. The van der Waals surface area contributed by atoms with Crippen LogP contribution in [0.25, 0.3) is 0 Å². The van der Waals surface area contributed by atoms with E-state index in [4.69, 9.17) is 10.2 Å². The number of aromatic nitrogens is 6. The molecule has 0 atom stereocenters. The molecular formula is C7H6CoN6O4. The zero-order valence-electron chi connectivity index (χ0n) is 8.56. The molecule has 0 amide bonds. The summed E-state index contributed by atoms with van der Waals surface area (Å²) >= 11 is 0. The third-order valence-corrected chi connectivity index (χ3v) is 1.87. The van der Waals surface area contributed by atoms with Gasteiger partial charge < -0.3 is 15.2 Å². The number of H-pyrrole nitrogens is 1. The number of nitrogens with one attached hydrogen (secondary N) is 1. The predicted molar refractivity (Wildman–Crippen MR) is 49.4 cm³/mol. The summed E-state index contributed by atoms with van der Waals surface area (Å²) in [4.78, 5) is 27.6. The van der Waals surface area contributed by atoms with E-state index in [2.05, 4.69) is 25.5 Å². The van der Waals surface area contributed by atoms with Gasteiger partial charge in [-0.15, -0.1) is 5.10 Å². The summed E-state index contributed by atoms with van der Waals surface area (Å²) in [6, 6.07) is 0. The van der Waals surface area contributed by atoms with Crippen LogP contribution in [0.2, 0.25) is 0 Å². The van der Waals surface area contributed by atoms with Crippen molar-refractivity contribution in [1.82, 2.24) is 30.2 Å². The number of nitrogens with zero attached hydrogens (tertiary/aromatic N) is 5. The van der Waals surface area contributed by atoms with E-state index in [1.54, 1.807) is 0 Å². The average molecular weight is 297 g/mol. The average Bonchev–Trinajstić information content (AvgIpc) is 2.86. The minimum Gasteiger partial charge on any atom is -0.477 e. The van der Waals surface area contributed by atoms with Gasteiger partial charge in [0.05, 0.1) is 0 Å². The molecule has 1 radical (unpaired) electrons. The van der Waals surface area contributed by atoms with E-state index in [1.807, 2.05) is 0 Å². The summed E-state index contributed by atoms with van der Waals surface area (Å²) in [6.45, 7) is 0.0561. The smallest absolute Gasteiger partial charge is 0.357 e. The van der Waals surface area contributed by atoms with Crippen LogP contribution in [0, 0.1) is 0 Å². The molecule has 18 heavy (non-hydrogen) atoms. The van der Waals surface area contributed by atoms with Crippen molar-refractivity contribution in [3.05, 3.63) is 23.5 Å². The van der Waals surface area contributed by atoms with Crippen molar-refractivity contribution in [3.8, 4) is 0 Å². The predicted octanol–water partition coefficient (Wildman–Crippen LogP) is -1.16. The van der Waals surface area contributed by atoms with Crippen LogP contribution in [0.15, 0.2) is 6.33 Å². The van der Waals surface area contributed by atoms with E-state index in [0.717, 1.165) is 0 Å². The van der Waals surface area contributed by atoms with Crippen molar-refractivity contribution in [3.63, 3.8) is 0 Å². The Labute approximate surface area is 109 Å². The van der Waals surface area contributed by atoms with Crippen molar-refractivity contribution >= 4 is 11.9 Å². The molecule has 2 heterocycles. The zero-order valence-corrected chi connectivity index (χ0v) is 9.61. The summed E-state index contributed by atoms with van der Waals surface area (Å²) in [5.41, 5.74) is -1.01. The standard InChI is InChI=1S/C7H6N6O4.Co/c14-6(15)4-5(7(16)17)10-3(9-4)1-13-2-8-11-12-13;/h2H,1H2,(H,9,10)(H,14,15)(H,16,17);. The number of hydrogen-bond donors (Lipinski definition) is 3. The SMILES string of the molecule is O=C(O)c1nc(Cn2cnnn2)[nH]c1C(=O)O.[Co]. The van der Waals surface area contributed by atoms with E-state index < -0.39 is 23.3 Å². The van der Waals surface area contributed by atoms with Crippen LogP contribution in [0.4, 0.5) is 0 Å². The maximum absolute atomic E-state index is 10.8. The first-order valence-electron chi connectivity index (χ1n) is 4.34. The largest absolute Gasteiger partial charge is 0.477 e. The summed E-state index contributed by atoms with van der Waals surface area (Å²) in [6.07, 6.45) is 1.30. The van der Waals surface area contributed by atoms with Crippen LogP contribution in [-0.4, -0.2) is 52.3 Å². The minimum atomic E-state index is -1.42. The number of rotatable bonds is 4. The number of aromatic amines is 1. The van der Waals surface area contributed by atoms with Crippen LogP contribution >= 0.6 is 0 Å². The van der Waals surface area contributed by atoms with Crippen LogP contribution < -0.4 is 0 Å². The topological polar surface area (TPSA) is 147 Å². The Balaban J connectivity index is 0.00000162. The number of aromatic carboxylic acids is 2. The molecule has 11 heteroatoms. The molecule has 0 saturated heterocycles. The van der Waals surface area contributed by atoms with Gasteiger partial charge in [0.1, 0.15) is 18.7 Å². The quantitative estimate of drug-likeness (QED) is 0.640. The molecule has 0 aliphatic carbocycles. The Morgan fingerprint density at radius 3 is 2.50 bits per heavy atom. The first kappa shape index (κ1) is 13.8. The van der Waals surface area contributed by atoms with Gasteiger partial charge in [0.2, 0.25) is 0 Å². The van der Waals surface area contributed by atoms with E-state index in [-0.39, 0.29) is 29.1 Å². The van der Waals surface area contributed by atoms with Crippen LogP contribution in [0.1, 0.15) is 26.8 Å². The van der Waals surface area contributed by atoms with Gasteiger partial charge in [-0.2, -0.15) is 0 Å². The molecule has 2 rings (SSSR count). The van der Waals surface area contributed by atoms with Crippen molar-refractivity contribution in [1.29, 1.82) is 0 Å². The molecule has 0 fully saturated rings. The molecule has 0 aliphatic heterocycles.